The van der Waals surface area contributed by atoms with Gasteiger partial charge in [0, 0.05) is 12.1 Å². The van der Waals surface area contributed by atoms with Crippen molar-refractivity contribution in [2.24, 2.45) is 0 Å². The van der Waals surface area contributed by atoms with Crippen molar-refractivity contribution in [3.63, 3.8) is 0 Å². The fourth-order valence-electron chi connectivity index (χ4n) is 0.667. The minimum absolute atomic E-state index is 0. The largest absolute Gasteiger partial charge is 1.00 e. The smallest absolute Gasteiger partial charge is 0.822 e. The van der Waals surface area contributed by atoms with E-state index in [1.165, 1.54) is 0 Å². The second kappa shape index (κ2) is 19.0. The molecule has 0 aliphatic heterocycles. The number of hydrogen-bond acceptors (Lipinski definition) is 5. The van der Waals surface area contributed by atoms with E-state index in [0.717, 1.165) is 0 Å². The van der Waals surface area contributed by atoms with Crippen LogP contribution in [0.2, 0.25) is 0 Å². The van der Waals surface area contributed by atoms with Gasteiger partial charge in [-0.05, 0) is 0 Å². The maximum atomic E-state index is 8.55. The van der Waals surface area contributed by atoms with Gasteiger partial charge >= 0.3 is 154 Å². The molecule has 0 rings (SSSR count). The van der Waals surface area contributed by atoms with Gasteiger partial charge in [-0.25, -0.2) is 0 Å². The number of rotatable bonds is 2. The molecule has 0 saturated carbocycles. The minimum Gasteiger partial charge on any atom is -0.822 e. The standard InChI is InChI=1S/C6H15N.3K.H3O4P/c1-5(2)7-6(3)4;;;;1-5(2,3)4/h5-7H,1-4H3;;;;(H3,1,2,3,4)/q;3*+1;/p-3. The molecule has 0 aromatic carbocycles. The molecule has 0 aromatic heterocycles. The fraction of sp³-hybridized carbons (Fsp3) is 1.00. The Morgan fingerprint density at radius 1 is 0.867 bits per heavy atom. The summed E-state index contributed by atoms with van der Waals surface area (Å²) in [4.78, 5) is 25.6. The van der Waals surface area contributed by atoms with Gasteiger partial charge in [0.2, 0.25) is 0 Å². The van der Waals surface area contributed by atoms with Crippen molar-refractivity contribution in [2.45, 2.75) is 39.8 Å². The Hall–Kier alpha value is 4.98. The second-order valence-electron chi connectivity index (χ2n) is 2.92. The monoisotopic (exact) mass is 313 g/mol. The Labute approximate surface area is 220 Å². The van der Waals surface area contributed by atoms with Crippen LogP contribution in [0.3, 0.4) is 0 Å². The Morgan fingerprint density at radius 3 is 1.00 bits per heavy atom. The molecule has 1 N–H and O–H groups in total. The van der Waals surface area contributed by atoms with Gasteiger partial charge in [0.05, 0.1) is 0 Å². The molecule has 0 atom stereocenters. The Kier molecular flexibility index (Phi) is 40.6. The maximum absolute atomic E-state index is 8.55. The molecule has 0 saturated heterocycles. The van der Waals surface area contributed by atoms with Gasteiger partial charge in [-0.3, -0.25) is 0 Å². The van der Waals surface area contributed by atoms with Crippen LogP contribution < -0.4 is 174 Å². The second-order valence-corrected chi connectivity index (χ2v) is 3.82. The molecule has 5 nitrogen and oxygen atoms in total. The molecule has 0 aliphatic rings. The van der Waals surface area contributed by atoms with Crippen LogP contribution in [0, 0.1) is 0 Å². The average molecular weight is 313 g/mol. The quantitative estimate of drug-likeness (QED) is 0.403. The van der Waals surface area contributed by atoms with E-state index in [1.54, 1.807) is 0 Å². The summed E-state index contributed by atoms with van der Waals surface area (Å²) >= 11 is 0. The molecule has 0 aromatic rings. The molecule has 9 heteroatoms. The maximum Gasteiger partial charge on any atom is 1.00 e. The van der Waals surface area contributed by atoms with Crippen LogP contribution in [0.1, 0.15) is 27.7 Å². The number of nitrogens with one attached hydrogen (secondary N) is 1. The zero-order chi connectivity index (χ0) is 10.4. The molecule has 0 aliphatic carbocycles. The van der Waals surface area contributed by atoms with E-state index < -0.39 is 7.82 Å². The minimum atomic E-state index is -5.39. The predicted molar refractivity (Wildman–Crippen MR) is 41.0 cm³/mol. The summed E-state index contributed by atoms with van der Waals surface area (Å²) in [6.45, 7) is 8.61. The molecular formula is C6H15K3NO4P. The van der Waals surface area contributed by atoms with Crippen molar-refractivity contribution in [3.05, 3.63) is 0 Å². The van der Waals surface area contributed by atoms with Gasteiger partial charge < -0.3 is 24.6 Å². The first-order valence-corrected chi connectivity index (χ1v) is 5.08. The summed E-state index contributed by atoms with van der Waals surface area (Å²) in [7, 11) is -5.39. The Morgan fingerprint density at radius 2 is 1.00 bits per heavy atom. The van der Waals surface area contributed by atoms with Crippen molar-refractivity contribution in [1.82, 2.24) is 5.32 Å². The van der Waals surface area contributed by atoms with Crippen LogP contribution in [0.4, 0.5) is 0 Å². The Balaban J connectivity index is -0.0000000383. The van der Waals surface area contributed by atoms with E-state index in [2.05, 4.69) is 33.0 Å². The van der Waals surface area contributed by atoms with Crippen molar-refractivity contribution >= 4 is 7.82 Å². The van der Waals surface area contributed by atoms with Crippen LogP contribution in [-0.4, -0.2) is 12.1 Å². The molecule has 0 spiro atoms. The summed E-state index contributed by atoms with van der Waals surface area (Å²) < 4.78 is 8.55. The zero-order valence-electron chi connectivity index (χ0n) is 10.7. The average Bonchev–Trinajstić information content (AvgIpc) is 1.52. The van der Waals surface area contributed by atoms with Gasteiger partial charge in [-0.15, -0.1) is 0 Å². The molecule has 0 radical (unpaired) electrons. The van der Waals surface area contributed by atoms with Crippen LogP contribution in [-0.2, 0) is 4.57 Å². The molecule has 0 unspecified atom stereocenters. The number of hydrogen-bond donors (Lipinski definition) is 1. The first-order valence-electron chi connectivity index (χ1n) is 3.62. The topological polar surface area (TPSA) is 98.3 Å². The summed E-state index contributed by atoms with van der Waals surface area (Å²) in [6.07, 6.45) is 0. The third-order valence-corrected chi connectivity index (χ3v) is 0.667. The van der Waals surface area contributed by atoms with Crippen LogP contribution in [0.15, 0.2) is 0 Å². The van der Waals surface area contributed by atoms with E-state index in [0.29, 0.717) is 12.1 Å². The third-order valence-electron chi connectivity index (χ3n) is 0.667. The van der Waals surface area contributed by atoms with Gasteiger partial charge in [-0.1, -0.05) is 27.7 Å². The van der Waals surface area contributed by atoms with Crippen LogP contribution >= 0.6 is 7.82 Å². The zero-order valence-corrected chi connectivity index (χ0v) is 21.0. The summed E-state index contributed by atoms with van der Waals surface area (Å²) in [5.41, 5.74) is 0. The van der Waals surface area contributed by atoms with Crippen molar-refractivity contribution in [3.8, 4) is 0 Å². The predicted octanol–water partition coefficient (Wildman–Crippen LogP) is -10.4. The summed E-state index contributed by atoms with van der Waals surface area (Å²) in [5.74, 6) is 0. The van der Waals surface area contributed by atoms with Crippen molar-refractivity contribution < 1.29 is 173 Å². The third kappa shape index (κ3) is 67.9. The van der Waals surface area contributed by atoms with E-state index in [-0.39, 0.29) is 154 Å². The van der Waals surface area contributed by atoms with E-state index in [4.69, 9.17) is 19.2 Å². The van der Waals surface area contributed by atoms with Gasteiger partial charge in [0.15, 0.2) is 0 Å². The van der Waals surface area contributed by atoms with Crippen molar-refractivity contribution in [2.75, 3.05) is 0 Å². The van der Waals surface area contributed by atoms with Crippen molar-refractivity contribution in [1.29, 1.82) is 0 Å². The Bertz CT molecular complexity index is 139. The summed E-state index contributed by atoms with van der Waals surface area (Å²) in [6, 6.07) is 1.25. The fourth-order valence-corrected chi connectivity index (χ4v) is 0.667. The molecule has 0 amide bonds. The number of phosphoric acid groups is 1. The van der Waals surface area contributed by atoms with Gasteiger partial charge in [0.25, 0.3) is 0 Å². The van der Waals surface area contributed by atoms with Crippen LogP contribution in [0.25, 0.3) is 0 Å². The molecule has 0 fully saturated rings. The van der Waals surface area contributed by atoms with E-state index >= 15 is 0 Å². The normalized spacial score (nSPS) is 9.13. The molecule has 15 heavy (non-hydrogen) atoms. The molecule has 0 bridgehead atoms. The SMILES string of the molecule is CC(C)NC(C)C.O=P([O-])([O-])[O-].[K+].[K+].[K+]. The van der Waals surface area contributed by atoms with Gasteiger partial charge in [-0.2, -0.15) is 7.82 Å². The van der Waals surface area contributed by atoms with Crippen LogP contribution in [0.5, 0.6) is 0 Å². The van der Waals surface area contributed by atoms with Gasteiger partial charge in [0.1, 0.15) is 0 Å². The van der Waals surface area contributed by atoms with E-state index in [1.807, 2.05) is 0 Å². The van der Waals surface area contributed by atoms with E-state index in [9.17, 15) is 0 Å². The summed E-state index contributed by atoms with van der Waals surface area (Å²) in [5, 5.41) is 3.31. The first-order chi connectivity index (χ1) is 5.13. The first kappa shape index (κ1) is 32.1. The molecule has 76 valence electrons. The molecule has 0 heterocycles. The molecular weight excluding hydrogens is 298 g/mol.